The van der Waals surface area contributed by atoms with Crippen LogP contribution in [-0.4, -0.2) is 61.9 Å². The van der Waals surface area contributed by atoms with Crippen LogP contribution in [0.4, 0.5) is 4.79 Å². The van der Waals surface area contributed by atoms with E-state index in [1.165, 1.54) is 5.56 Å². The summed E-state index contributed by atoms with van der Waals surface area (Å²) >= 11 is 0. The normalized spacial score (nSPS) is 20.6. The number of likely N-dealkylation sites (tertiary alicyclic amines) is 1. The fourth-order valence-corrected chi connectivity index (χ4v) is 3.94. The highest BCUT2D eigenvalue weighted by molar-refractivity contribution is 5.80. The molecule has 7 nitrogen and oxygen atoms in total. The molecule has 1 aromatic rings. The standard InChI is InChI=1S/C23H36N4O3/c1-6-24-20(27-14-11-17(15-27)26-21(28)30-22(2,3)4)25-16-23(12-13-23)18-9-7-8-10-19(18)29-5/h7-10,17H,6,11-16H2,1-5H3,(H,24,25)(H,26,28). The van der Waals surface area contributed by atoms with Crippen LogP contribution in [0.3, 0.4) is 0 Å². The number of methoxy groups -OCH3 is 1. The predicted octanol–water partition coefficient (Wildman–Crippen LogP) is 3.29. The third-order valence-corrected chi connectivity index (χ3v) is 5.61. The third-order valence-electron chi connectivity index (χ3n) is 5.61. The molecule has 2 fully saturated rings. The quantitative estimate of drug-likeness (QED) is 0.550. The lowest BCUT2D eigenvalue weighted by atomic mass is 9.95. The van der Waals surface area contributed by atoms with Crippen LogP contribution >= 0.6 is 0 Å². The van der Waals surface area contributed by atoms with Crippen molar-refractivity contribution in [3.05, 3.63) is 29.8 Å². The van der Waals surface area contributed by atoms with E-state index in [1.807, 2.05) is 32.9 Å². The van der Waals surface area contributed by atoms with E-state index in [9.17, 15) is 4.79 Å². The predicted molar refractivity (Wildman–Crippen MR) is 119 cm³/mol. The number of benzene rings is 1. The second-order valence-electron chi connectivity index (χ2n) is 9.23. The number of nitrogens with zero attached hydrogens (tertiary/aromatic N) is 2. The molecule has 1 aliphatic heterocycles. The first-order chi connectivity index (χ1) is 14.3. The summed E-state index contributed by atoms with van der Waals surface area (Å²) in [5.41, 5.74) is 0.828. The van der Waals surface area contributed by atoms with Crippen LogP contribution in [0.1, 0.15) is 52.5 Å². The van der Waals surface area contributed by atoms with Gasteiger partial charge in [0.15, 0.2) is 5.96 Å². The molecular formula is C23H36N4O3. The molecule has 3 rings (SSSR count). The zero-order valence-electron chi connectivity index (χ0n) is 19.0. The number of hydrogen-bond donors (Lipinski definition) is 2. The second-order valence-corrected chi connectivity index (χ2v) is 9.23. The van der Waals surface area contributed by atoms with E-state index in [0.29, 0.717) is 0 Å². The molecule has 0 radical (unpaired) electrons. The van der Waals surface area contributed by atoms with Gasteiger partial charge in [0.05, 0.1) is 19.7 Å². The van der Waals surface area contributed by atoms with Gasteiger partial charge < -0.3 is 25.0 Å². The number of ether oxygens (including phenoxy) is 2. The van der Waals surface area contributed by atoms with Crippen molar-refractivity contribution in [2.45, 2.75) is 64.0 Å². The zero-order chi connectivity index (χ0) is 21.8. The number of aliphatic imine (C=N–C) groups is 1. The largest absolute Gasteiger partial charge is 0.496 e. The molecule has 2 aliphatic rings. The number of amides is 1. The molecule has 0 spiro atoms. The Kier molecular flexibility index (Phi) is 6.78. The Labute approximate surface area is 180 Å². The van der Waals surface area contributed by atoms with Crippen molar-refractivity contribution < 1.29 is 14.3 Å². The molecule has 1 amide bonds. The Morgan fingerprint density at radius 2 is 2.03 bits per heavy atom. The highest BCUT2D eigenvalue weighted by atomic mass is 16.6. The lowest BCUT2D eigenvalue weighted by Gasteiger charge is -2.24. The van der Waals surface area contributed by atoms with Gasteiger partial charge in [-0.05, 0) is 53.0 Å². The van der Waals surface area contributed by atoms with Crippen LogP contribution in [0, 0.1) is 0 Å². The zero-order valence-corrected chi connectivity index (χ0v) is 19.0. The van der Waals surface area contributed by atoms with E-state index in [-0.39, 0.29) is 17.6 Å². The Morgan fingerprint density at radius 3 is 2.67 bits per heavy atom. The average molecular weight is 417 g/mol. The molecule has 1 heterocycles. The van der Waals surface area contributed by atoms with Crippen molar-refractivity contribution in [3.8, 4) is 5.75 Å². The second kappa shape index (κ2) is 9.14. The summed E-state index contributed by atoms with van der Waals surface area (Å²) in [4.78, 5) is 19.3. The van der Waals surface area contributed by atoms with E-state index in [2.05, 4.69) is 34.6 Å². The molecule has 166 valence electrons. The molecule has 1 atom stereocenters. The number of carbonyl (C=O) groups excluding carboxylic acids is 1. The van der Waals surface area contributed by atoms with Crippen LogP contribution in [0.15, 0.2) is 29.3 Å². The van der Waals surface area contributed by atoms with Gasteiger partial charge in [0.25, 0.3) is 0 Å². The smallest absolute Gasteiger partial charge is 0.407 e. The Balaban J connectivity index is 1.63. The van der Waals surface area contributed by atoms with Gasteiger partial charge in [-0.2, -0.15) is 0 Å². The van der Waals surface area contributed by atoms with E-state index in [4.69, 9.17) is 14.5 Å². The summed E-state index contributed by atoms with van der Waals surface area (Å²) in [6, 6.07) is 8.32. The maximum absolute atomic E-state index is 12.1. The summed E-state index contributed by atoms with van der Waals surface area (Å²) in [6.07, 6.45) is 2.77. The van der Waals surface area contributed by atoms with Gasteiger partial charge in [-0.15, -0.1) is 0 Å². The van der Waals surface area contributed by atoms with Crippen molar-refractivity contribution in [1.82, 2.24) is 15.5 Å². The highest BCUT2D eigenvalue weighted by Gasteiger charge is 2.46. The Bertz CT molecular complexity index is 768. The summed E-state index contributed by atoms with van der Waals surface area (Å²) in [5.74, 6) is 1.85. The lowest BCUT2D eigenvalue weighted by molar-refractivity contribution is 0.0507. The fourth-order valence-electron chi connectivity index (χ4n) is 3.94. The fraction of sp³-hybridized carbons (Fsp3) is 0.652. The van der Waals surface area contributed by atoms with Gasteiger partial charge in [0, 0.05) is 30.6 Å². The van der Waals surface area contributed by atoms with E-state index in [1.54, 1.807) is 7.11 Å². The molecule has 1 unspecified atom stereocenters. The molecule has 1 saturated heterocycles. The van der Waals surface area contributed by atoms with Crippen LogP contribution in [-0.2, 0) is 10.2 Å². The number of guanidine groups is 1. The molecule has 30 heavy (non-hydrogen) atoms. The summed E-state index contributed by atoms with van der Waals surface area (Å²) in [6.45, 7) is 10.8. The number of hydrogen-bond acceptors (Lipinski definition) is 4. The van der Waals surface area contributed by atoms with Crippen molar-refractivity contribution in [2.75, 3.05) is 33.3 Å². The van der Waals surface area contributed by atoms with Crippen LogP contribution < -0.4 is 15.4 Å². The van der Waals surface area contributed by atoms with Gasteiger partial charge in [0.1, 0.15) is 11.4 Å². The first kappa shape index (κ1) is 22.2. The van der Waals surface area contributed by atoms with E-state index >= 15 is 0 Å². The molecule has 7 heteroatoms. The molecule has 0 aromatic heterocycles. The van der Waals surface area contributed by atoms with Gasteiger partial charge in [-0.1, -0.05) is 18.2 Å². The number of carbonyl (C=O) groups is 1. The van der Waals surface area contributed by atoms with Crippen LogP contribution in [0.5, 0.6) is 5.75 Å². The minimum absolute atomic E-state index is 0.0628. The summed E-state index contributed by atoms with van der Waals surface area (Å²) in [7, 11) is 1.73. The summed E-state index contributed by atoms with van der Waals surface area (Å²) < 4.78 is 11.0. The number of rotatable bonds is 6. The van der Waals surface area contributed by atoms with E-state index in [0.717, 1.165) is 57.2 Å². The minimum atomic E-state index is -0.490. The van der Waals surface area contributed by atoms with Gasteiger partial charge in [0.2, 0.25) is 0 Å². The number of nitrogens with one attached hydrogen (secondary N) is 2. The monoisotopic (exact) mass is 416 g/mol. The van der Waals surface area contributed by atoms with Crippen molar-refractivity contribution in [2.24, 2.45) is 4.99 Å². The van der Waals surface area contributed by atoms with Gasteiger partial charge in [-0.3, -0.25) is 4.99 Å². The third kappa shape index (κ3) is 5.58. The summed E-state index contributed by atoms with van der Waals surface area (Å²) in [5, 5.41) is 6.40. The van der Waals surface area contributed by atoms with Crippen LogP contribution in [0.2, 0.25) is 0 Å². The van der Waals surface area contributed by atoms with Gasteiger partial charge in [-0.25, -0.2) is 4.79 Å². The van der Waals surface area contributed by atoms with Crippen molar-refractivity contribution in [3.63, 3.8) is 0 Å². The topological polar surface area (TPSA) is 75.2 Å². The molecule has 1 saturated carbocycles. The van der Waals surface area contributed by atoms with E-state index < -0.39 is 5.60 Å². The average Bonchev–Trinajstić information content (AvgIpc) is 3.34. The molecule has 2 N–H and O–H groups in total. The SMILES string of the molecule is CCNC(=NCC1(c2ccccc2OC)CC1)N1CCC(NC(=O)OC(C)(C)C)C1. The maximum atomic E-state index is 12.1. The number of alkyl carbamates (subject to hydrolysis) is 1. The van der Waals surface area contributed by atoms with Gasteiger partial charge >= 0.3 is 6.09 Å². The van der Waals surface area contributed by atoms with Crippen molar-refractivity contribution >= 4 is 12.1 Å². The molecule has 0 bridgehead atoms. The first-order valence-electron chi connectivity index (χ1n) is 10.9. The Hall–Kier alpha value is -2.44. The van der Waals surface area contributed by atoms with Crippen molar-refractivity contribution in [1.29, 1.82) is 0 Å². The lowest BCUT2D eigenvalue weighted by Crippen LogP contribution is -2.44. The molecule has 1 aliphatic carbocycles. The molecule has 1 aromatic carbocycles. The highest BCUT2D eigenvalue weighted by Crippen LogP contribution is 2.51. The number of para-hydroxylation sites is 1. The molecular weight excluding hydrogens is 380 g/mol. The Morgan fingerprint density at radius 1 is 1.30 bits per heavy atom. The first-order valence-corrected chi connectivity index (χ1v) is 10.9. The van der Waals surface area contributed by atoms with Crippen LogP contribution in [0.25, 0.3) is 0 Å². The maximum Gasteiger partial charge on any atom is 0.407 e. The minimum Gasteiger partial charge on any atom is -0.496 e.